The summed E-state index contributed by atoms with van der Waals surface area (Å²) in [6.07, 6.45) is 6.85. The summed E-state index contributed by atoms with van der Waals surface area (Å²) >= 11 is 0. The Balaban J connectivity index is 2.38. The molecule has 0 saturated carbocycles. The van der Waals surface area contributed by atoms with Gasteiger partial charge < -0.3 is 14.8 Å². The Labute approximate surface area is 109 Å². The van der Waals surface area contributed by atoms with Gasteiger partial charge in [-0.3, -0.25) is 0 Å². The summed E-state index contributed by atoms with van der Waals surface area (Å²) in [6, 6.07) is 8.05. The van der Waals surface area contributed by atoms with Crippen molar-refractivity contribution in [2.45, 2.75) is 19.4 Å². The van der Waals surface area contributed by atoms with Crippen LogP contribution in [-0.2, 0) is 11.3 Å². The van der Waals surface area contributed by atoms with Gasteiger partial charge >= 0.3 is 0 Å². The Kier molecular flexibility index (Phi) is 7.70. The van der Waals surface area contributed by atoms with Gasteiger partial charge in [0.05, 0.1) is 13.2 Å². The second-order valence-electron chi connectivity index (χ2n) is 3.93. The minimum atomic E-state index is 0.666. The number of para-hydroxylation sites is 1. The zero-order valence-electron chi connectivity index (χ0n) is 10.9. The fraction of sp³-hybridized carbons (Fsp3) is 0.467. The summed E-state index contributed by atoms with van der Waals surface area (Å²) in [6.45, 7) is 3.00. The first-order chi connectivity index (χ1) is 8.88. The lowest BCUT2D eigenvalue weighted by atomic mass is 10.2. The number of terminal acetylenes is 1. The quantitative estimate of drug-likeness (QED) is 0.536. The molecule has 0 atom stereocenters. The summed E-state index contributed by atoms with van der Waals surface area (Å²) in [4.78, 5) is 0. The van der Waals surface area contributed by atoms with E-state index in [1.807, 2.05) is 18.2 Å². The van der Waals surface area contributed by atoms with Crippen molar-refractivity contribution in [3.63, 3.8) is 0 Å². The number of nitrogens with one attached hydrogen (secondary N) is 1. The van der Waals surface area contributed by atoms with Gasteiger partial charge in [0.2, 0.25) is 0 Å². The van der Waals surface area contributed by atoms with Crippen molar-refractivity contribution < 1.29 is 9.47 Å². The van der Waals surface area contributed by atoms with Crippen LogP contribution in [-0.4, -0.2) is 26.9 Å². The molecule has 0 aromatic heterocycles. The van der Waals surface area contributed by atoms with Crippen LogP contribution in [0, 0.1) is 12.3 Å². The SMILES string of the molecule is C#CCCCOc1ccccc1CNCCOC. The minimum Gasteiger partial charge on any atom is -0.493 e. The van der Waals surface area contributed by atoms with Gasteiger partial charge in [-0.25, -0.2) is 0 Å². The van der Waals surface area contributed by atoms with E-state index in [-0.39, 0.29) is 0 Å². The van der Waals surface area contributed by atoms with Crippen LogP contribution in [0.3, 0.4) is 0 Å². The molecule has 1 aromatic carbocycles. The third-order valence-electron chi connectivity index (χ3n) is 2.49. The number of hydrogen-bond donors (Lipinski definition) is 1. The third-order valence-corrected chi connectivity index (χ3v) is 2.49. The van der Waals surface area contributed by atoms with Crippen LogP contribution in [0.5, 0.6) is 5.75 Å². The molecule has 3 heteroatoms. The van der Waals surface area contributed by atoms with E-state index in [2.05, 4.69) is 17.3 Å². The molecule has 0 aliphatic heterocycles. The van der Waals surface area contributed by atoms with E-state index < -0.39 is 0 Å². The molecule has 0 amide bonds. The Morgan fingerprint density at radius 2 is 2.11 bits per heavy atom. The second-order valence-corrected chi connectivity index (χ2v) is 3.93. The number of unbranched alkanes of at least 4 members (excludes halogenated alkanes) is 1. The monoisotopic (exact) mass is 247 g/mol. The fourth-order valence-corrected chi connectivity index (χ4v) is 1.54. The van der Waals surface area contributed by atoms with Crippen molar-refractivity contribution in [3.05, 3.63) is 29.8 Å². The summed E-state index contributed by atoms with van der Waals surface area (Å²) in [5.41, 5.74) is 1.16. The zero-order chi connectivity index (χ0) is 13.1. The van der Waals surface area contributed by atoms with E-state index in [0.717, 1.165) is 37.2 Å². The van der Waals surface area contributed by atoms with Crippen LogP contribution >= 0.6 is 0 Å². The first kappa shape index (κ1) is 14.6. The van der Waals surface area contributed by atoms with Crippen molar-refractivity contribution in [2.75, 3.05) is 26.9 Å². The number of ether oxygens (including phenoxy) is 2. The largest absolute Gasteiger partial charge is 0.493 e. The van der Waals surface area contributed by atoms with Crippen LogP contribution in [0.15, 0.2) is 24.3 Å². The van der Waals surface area contributed by atoms with E-state index in [4.69, 9.17) is 15.9 Å². The molecule has 98 valence electrons. The van der Waals surface area contributed by atoms with Gasteiger partial charge in [-0.05, 0) is 12.5 Å². The lowest BCUT2D eigenvalue weighted by molar-refractivity contribution is 0.199. The summed E-state index contributed by atoms with van der Waals surface area (Å²) in [5.74, 6) is 3.54. The van der Waals surface area contributed by atoms with Crippen LogP contribution in [0.1, 0.15) is 18.4 Å². The maximum atomic E-state index is 5.73. The van der Waals surface area contributed by atoms with Gasteiger partial charge in [0.15, 0.2) is 0 Å². The van der Waals surface area contributed by atoms with Gasteiger partial charge in [-0.2, -0.15) is 0 Å². The zero-order valence-corrected chi connectivity index (χ0v) is 10.9. The molecule has 0 saturated heterocycles. The molecule has 0 heterocycles. The number of rotatable bonds is 9. The number of benzene rings is 1. The topological polar surface area (TPSA) is 30.5 Å². The van der Waals surface area contributed by atoms with Crippen molar-refractivity contribution >= 4 is 0 Å². The molecule has 0 unspecified atom stereocenters. The highest BCUT2D eigenvalue weighted by Gasteiger charge is 2.01. The maximum Gasteiger partial charge on any atom is 0.123 e. The van der Waals surface area contributed by atoms with Crippen LogP contribution < -0.4 is 10.1 Å². The molecule has 3 nitrogen and oxygen atoms in total. The maximum absolute atomic E-state index is 5.73. The van der Waals surface area contributed by atoms with Crippen LogP contribution in [0.4, 0.5) is 0 Å². The summed E-state index contributed by atoms with van der Waals surface area (Å²) in [7, 11) is 1.70. The second kappa shape index (κ2) is 9.52. The van der Waals surface area contributed by atoms with Gasteiger partial charge in [-0.1, -0.05) is 18.2 Å². The molecule has 0 spiro atoms. The predicted molar refractivity (Wildman–Crippen MR) is 73.6 cm³/mol. The molecule has 0 aliphatic rings. The molecular weight excluding hydrogens is 226 g/mol. The predicted octanol–water partition coefficient (Wildman–Crippen LogP) is 2.21. The highest BCUT2D eigenvalue weighted by atomic mass is 16.5. The van der Waals surface area contributed by atoms with Gasteiger partial charge in [0.1, 0.15) is 5.75 Å². The molecule has 1 aromatic rings. The Morgan fingerprint density at radius 3 is 2.89 bits per heavy atom. The summed E-state index contributed by atoms with van der Waals surface area (Å²) in [5, 5.41) is 3.31. The normalized spacial score (nSPS) is 10.0. The number of methoxy groups -OCH3 is 1. The van der Waals surface area contributed by atoms with Gasteiger partial charge in [0, 0.05) is 32.2 Å². The molecule has 1 rings (SSSR count). The van der Waals surface area contributed by atoms with Crippen LogP contribution in [0.2, 0.25) is 0 Å². The minimum absolute atomic E-state index is 0.666. The molecule has 0 fully saturated rings. The molecule has 1 N–H and O–H groups in total. The van der Waals surface area contributed by atoms with E-state index in [1.165, 1.54) is 0 Å². The molecule has 0 bridgehead atoms. The lowest BCUT2D eigenvalue weighted by Crippen LogP contribution is -2.19. The first-order valence-corrected chi connectivity index (χ1v) is 6.22. The average molecular weight is 247 g/mol. The fourth-order valence-electron chi connectivity index (χ4n) is 1.54. The van der Waals surface area contributed by atoms with Crippen molar-refractivity contribution in [1.29, 1.82) is 0 Å². The standard InChI is InChI=1S/C15H21NO2/c1-3-4-7-11-18-15-9-6-5-8-14(15)13-16-10-12-17-2/h1,5-6,8-9,16H,4,7,10-13H2,2H3. The highest BCUT2D eigenvalue weighted by molar-refractivity contribution is 5.33. The van der Waals surface area contributed by atoms with Crippen molar-refractivity contribution in [3.8, 4) is 18.1 Å². The van der Waals surface area contributed by atoms with Gasteiger partial charge in [-0.15, -0.1) is 12.3 Å². The highest BCUT2D eigenvalue weighted by Crippen LogP contribution is 2.17. The number of hydrogen-bond acceptors (Lipinski definition) is 3. The van der Waals surface area contributed by atoms with E-state index in [1.54, 1.807) is 7.11 Å². The third kappa shape index (κ3) is 5.72. The van der Waals surface area contributed by atoms with E-state index in [0.29, 0.717) is 13.2 Å². The smallest absolute Gasteiger partial charge is 0.123 e. The van der Waals surface area contributed by atoms with E-state index >= 15 is 0 Å². The van der Waals surface area contributed by atoms with E-state index in [9.17, 15) is 0 Å². The Morgan fingerprint density at radius 1 is 1.28 bits per heavy atom. The van der Waals surface area contributed by atoms with Gasteiger partial charge in [0.25, 0.3) is 0 Å². The van der Waals surface area contributed by atoms with Crippen molar-refractivity contribution in [2.24, 2.45) is 0 Å². The first-order valence-electron chi connectivity index (χ1n) is 6.22. The molecular formula is C15H21NO2. The van der Waals surface area contributed by atoms with Crippen molar-refractivity contribution in [1.82, 2.24) is 5.32 Å². The molecule has 18 heavy (non-hydrogen) atoms. The Bertz CT molecular complexity index is 371. The average Bonchev–Trinajstić information content (AvgIpc) is 2.41. The van der Waals surface area contributed by atoms with Crippen LogP contribution in [0.25, 0.3) is 0 Å². The molecule has 0 radical (unpaired) electrons. The molecule has 0 aliphatic carbocycles. The summed E-state index contributed by atoms with van der Waals surface area (Å²) < 4.78 is 10.7. The lowest BCUT2D eigenvalue weighted by Gasteiger charge is -2.11. The Hall–Kier alpha value is -1.50.